The van der Waals surface area contributed by atoms with E-state index in [1.54, 1.807) is 0 Å². The third-order valence-electron chi connectivity index (χ3n) is 3.53. The third-order valence-corrected chi connectivity index (χ3v) is 3.90. The molecule has 0 aromatic heterocycles. The monoisotopic (exact) mass is 317 g/mol. The molecule has 0 radical (unpaired) electrons. The minimum Gasteiger partial charge on any atom is -0.489 e. The summed E-state index contributed by atoms with van der Waals surface area (Å²) >= 11 is 6.17. The molecular weight excluding hydrogens is 294 g/mol. The summed E-state index contributed by atoms with van der Waals surface area (Å²) in [5.74, 6) is 1.64. The lowest BCUT2D eigenvalue weighted by molar-refractivity contribution is 0.302. The van der Waals surface area contributed by atoms with E-state index < -0.39 is 0 Å². The van der Waals surface area contributed by atoms with E-state index in [-0.39, 0.29) is 0 Å². The van der Waals surface area contributed by atoms with Crippen LogP contribution in [0, 0.1) is 5.92 Å². The Labute approximate surface area is 138 Å². The van der Waals surface area contributed by atoms with E-state index >= 15 is 0 Å². The second-order valence-corrected chi connectivity index (χ2v) is 6.25. The van der Waals surface area contributed by atoms with Gasteiger partial charge in [0, 0.05) is 22.7 Å². The zero-order chi connectivity index (χ0) is 15.8. The quantitative estimate of drug-likeness (QED) is 0.687. The largest absolute Gasteiger partial charge is 0.489 e. The van der Waals surface area contributed by atoms with Crippen molar-refractivity contribution in [3.63, 3.8) is 0 Å². The first-order chi connectivity index (χ1) is 10.7. The summed E-state index contributed by atoms with van der Waals surface area (Å²) in [6.45, 7) is 6.81. The van der Waals surface area contributed by atoms with Crippen molar-refractivity contribution in [1.29, 1.82) is 0 Å². The van der Waals surface area contributed by atoms with E-state index in [0.29, 0.717) is 6.61 Å². The van der Waals surface area contributed by atoms with Gasteiger partial charge in [-0.15, -0.1) is 0 Å². The lowest BCUT2D eigenvalue weighted by Gasteiger charge is -2.13. The van der Waals surface area contributed by atoms with Crippen LogP contribution in [0.25, 0.3) is 0 Å². The van der Waals surface area contributed by atoms with E-state index in [1.807, 2.05) is 42.5 Å². The van der Waals surface area contributed by atoms with E-state index in [9.17, 15) is 0 Å². The number of rotatable bonds is 8. The maximum atomic E-state index is 6.17. The van der Waals surface area contributed by atoms with E-state index in [2.05, 4.69) is 25.2 Å². The molecule has 0 saturated carbocycles. The summed E-state index contributed by atoms with van der Waals surface area (Å²) in [4.78, 5) is 0. The predicted molar refractivity (Wildman–Crippen MR) is 93.4 cm³/mol. The molecule has 2 aromatic rings. The second kappa shape index (κ2) is 8.82. The van der Waals surface area contributed by atoms with Gasteiger partial charge in [0.2, 0.25) is 0 Å². The number of ether oxygens (including phenoxy) is 1. The Bertz CT molecular complexity index is 583. The zero-order valence-electron chi connectivity index (χ0n) is 13.3. The van der Waals surface area contributed by atoms with Crippen molar-refractivity contribution in [3.8, 4) is 5.75 Å². The molecule has 0 aliphatic carbocycles. The summed E-state index contributed by atoms with van der Waals surface area (Å²) < 4.78 is 5.96. The average molecular weight is 318 g/mol. The van der Waals surface area contributed by atoms with Crippen molar-refractivity contribution in [1.82, 2.24) is 5.32 Å². The Kier molecular flexibility index (Phi) is 6.75. The number of para-hydroxylation sites is 1. The Morgan fingerprint density at radius 1 is 1.00 bits per heavy atom. The molecule has 0 atom stereocenters. The van der Waals surface area contributed by atoms with Gasteiger partial charge >= 0.3 is 0 Å². The van der Waals surface area contributed by atoms with Crippen LogP contribution in [-0.2, 0) is 13.2 Å². The van der Waals surface area contributed by atoms with Gasteiger partial charge in [-0.1, -0.05) is 61.8 Å². The van der Waals surface area contributed by atoms with Gasteiger partial charge in [0.15, 0.2) is 0 Å². The summed E-state index contributed by atoms with van der Waals surface area (Å²) in [6.07, 6.45) is 1.18. The van der Waals surface area contributed by atoms with Gasteiger partial charge in [-0.3, -0.25) is 0 Å². The molecule has 22 heavy (non-hydrogen) atoms. The highest BCUT2D eigenvalue weighted by atomic mass is 35.5. The molecule has 2 nitrogen and oxygen atoms in total. The topological polar surface area (TPSA) is 21.3 Å². The van der Waals surface area contributed by atoms with Crippen LogP contribution in [0.15, 0.2) is 48.5 Å². The fraction of sp³-hybridized carbons (Fsp3) is 0.368. The van der Waals surface area contributed by atoms with Gasteiger partial charge in [0.1, 0.15) is 12.4 Å². The second-order valence-electron chi connectivity index (χ2n) is 5.85. The first-order valence-corrected chi connectivity index (χ1v) is 8.19. The molecule has 0 fully saturated rings. The number of hydrogen-bond acceptors (Lipinski definition) is 2. The number of nitrogens with one attached hydrogen (secondary N) is 1. The molecule has 3 heteroatoms. The molecule has 2 rings (SSSR count). The number of halogens is 1. The van der Waals surface area contributed by atoms with Gasteiger partial charge in [0.25, 0.3) is 0 Å². The molecular formula is C19H24ClNO. The normalized spacial score (nSPS) is 10.9. The SMILES string of the molecule is CC(C)CCNCc1ccccc1OCc1ccccc1Cl. The molecule has 0 aliphatic rings. The van der Waals surface area contributed by atoms with Gasteiger partial charge in [0.05, 0.1) is 0 Å². The van der Waals surface area contributed by atoms with Gasteiger partial charge in [-0.2, -0.15) is 0 Å². The van der Waals surface area contributed by atoms with Crippen molar-refractivity contribution in [2.75, 3.05) is 6.54 Å². The van der Waals surface area contributed by atoms with Crippen molar-refractivity contribution in [3.05, 3.63) is 64.7 Å². The maximum absolute atomic E-state index is 6.17. The van der Waals surface area contributed by atoms with Crippen molar-refractivity contribution < 1.29 is 4.74 Å². The highest BCUT2D eigenvalue weighted by Gasteiger charge is 2.05. The number of hydrogen-bond donors (Lipinski definition) is 1. The molecule has 0 bridgehead atoms. The summed E-state index contributed by atoms with van der Waals surface area (Å²) in [6, 6.07) is 15.9. The zero-order valence-corrected chi connectivity index (χ0v) is 14.1. The molecule has 2 aromatic carbocycles. The Morgan fingerprint density at radius 3 is 2.41 bits per heavy atom. The molecule has 118 valence electrons. The standard InChI is InChI=1S/C19H24ClNO/c1-15(2)11-12-21-13-16-7-4-6-10-19(16)22-14-17-8-3-5-9-18(17)20/h3-10,15,21H,11-14H2,1-2H3. The van der Waals surface area contributed by atoms with Gasteiger partial charge in [-0.05, 0) is 31.0 Å². The lowest BCUT2D eigenvalue weighted by atomic mass is 10.1. The Hall–Kier alpha value is -1.51. The molecule has 1 N–H and O–H groups in total. The smallest absolute Gasteiger partial charge is 0.124 e. The van der Waals surface area contributed by atoms with Crippen LogP contribution in [0.3, 0.4) is 0 Å². The molecule has 0 unspecified atom stereocenters. The average Bonchev–Trinajstić information content (AvgIpc) is 2.51. The first-order valence-electron chi connectivity index (χ1n) is 7.81. The van der Waals surface area contributed by atoms with Crippen LogP contribution in [0.2, 0.25) is 5.02 Å². The van der Waals surface area contributed by atoms with E-state index in [1.165, 1.54) is 12.0 Å². The molecule has 0 amide bonds. The fourth-order valence-electron chi connectivity index (χ4n) is 2.18. The Balaban J connectivity index is 1.92. The number of benzene rings is 2. The van der Waals surface area contributed by atoms with Crippen molar-refractivity contribution >= 4 is 11.6 Å². The molecule has 0 aliphatic heterocycles. The van der Waals surface area contributed by atoms with Crippen LogP contribution in [0.1, 0.15) is 31.4 Å². The van der Waals surface area contributed by atoms with Crippen LogP contribution in [0.5, 0.6) is 5.75 Å². The van der Waals surface area contributed by atoms with Crippen LogP contribution >= 0.6 is 11.6 Å². The third kappa shape index (κ3) is 5.36. The van der Waals surface area contributed by atoms with Crippen molar-refractivity contribution in [2.24, 2.45) is 5.92 Å². The fourth-order valence-corrected chi connectivity index (χ4v) is 2.37. The minimum absolute atomic E-state index is 0.489. The molecule has 0 spiro atoms. The summed E-state index contributed by atoms with van der Waals surface area (Å²) in [7, 11) is 0. The van der Waals surface area contributed by atoms with Crippen molar-refractivity contribution in [2.45, 2.75) is 33.4 Å². The molecule has 0 saturated heterocycles. The van der Waals surface area contributed by atoms with E-state index in [4.69, 9.17) is 16.3 Å². The maximum Gasteiger partial charge on any atom is 0.124 e. The predicted octanol–water partition coefficient (Wildman–Crippen LogP) is 5.05. The minimum atomic E-state index is 0.489. The van der Waals surface area contributed by atoms with Crippen LogP contribution in [0.4, 0.5) is 0 Å². The highest BCUT2D eigenvalue weighted by molar-refractivity contribution is 6.31. The van der Waals surface area contributed by atoms with Gasteiger partial charge < -0.3 is 10.1 Å². The van der Waals surface area contributed by atoms with Crippen LogP contribution in [-0.4, -0.2) is 6.54 Å². The molecule has 0 heterocycles. The van der Waals surface area contributed by atoms with Gasteiger partial charge in [-0.25, -0.2) is 0 Å². The van der Waals surface area contributed by atoms with Crippen LogP contribution < -0.4 is 10.1 Å². The Morgan fingerprint density at radius 2 is 1.68 bits per heavy atom. The lowest BCUT2D eigenvalue weighted by Crippen LogP contribution is -2.16. The highest BCUT2D eigenvalue weighted by Crippen LogP contribution is 2.21. The first kappa shape index (κ1) is 16.9. The summed E-state index contributed by atoms with van der Waals surface area (Å²) in [5, 5.41) is 4.22. The van der Waals surface area contributed by atoms with E-state index in [0.717, 1.165) is 35.3 Å². The summed E-state index contributed by atoms with van der Waals surface area (Å²) in [5.41, 5.74) is 2.19.